The summed E-state index contributed by atoms with van der Waals surface area (Å²) in [5, 5.41) is 21.1. The molecule has 5 N–H and O–H groups in total. The monoisotopic (exact) mass is 315 g/mol. The van der Waals surface area contributed by atoms with Gasteiger partial charge in [0.05, 0.1) is 6.04 Å². The highest BCUT2D eigenvalue weighted by Gasteiger charge is 2.36. The van der Waals surface area contributed by atoms with Gasteiger partial charge in [-0.25, -0.2) is 4.79 Å². The van der Waals surface area contributed by atoms with E-state index >= 15 is 0 Å². The van der Waals surface area contributed by atoms with Crippen LogP contribution >= 0.6 is 0 Å². The van der Waals surface area contributed by atoms with Crippen molar-refractivity contribution in [3.8, 4) is 0 Å². The summed E-state index contributed by atoms with van der Waals surface area (Å²) in [7, 11) is 0. The third-order valence-electron chi connectivity index (χ3n) is 3.89. The quantitative estimate of drug-likeness (QED) is 0.426. The van der Waals surface area contributed by atoms with E-state index in [-0.39, 0.29) is 5.91 Å². The zero-order chi connectivity index (χ0) is 16.7. The molecule has 1 heterocycles. The minimum Gasteiger partial charge on any atom is -0.480 e. The van der Waals surface area contributed by atoms with E-state index < -0.39 is 30.1 Å². The predicted molar refractivity (Wildman–Crippen MR) is 79.3 cm³/mol. The number of unbranched alkanes of at least 4 members (excludes halogenated alkanes) is 1. The molecular formula is C14H25N3O5. The minimum atomic E-state index is -1.02. The summed E-state index contributed by atoms with van der Waals surface area (Å²) >= 11 is 0. The molecule has 0 bridgehead atoms. The van der Waals surface area contributed by atoms with Gasteiger partial charge in [-0.15, -0.1) is 0 Å². The van der Waals surface area contributed by atoms with Crippen LogP contribution in [0.2, 0.25) is 0 Å². The van der Waals surface area contributed by atoms with Crippen LogP contribution in [0.1, 0.15) is 39.0 Å². The van der Waals surface area contributed by atoms with Crippen LogP contribution in [0, 0.1) is 0 Å². The van der Waals surface area contributed by atoms with Gasteiger partial charge < -0.3 is 20.8 Å². The van der Waals surface area contributed by atoms with Gasteiger partial charge in [0.1, 0.15) is 12.1 Å². The summed E-state index contributed by atoms with van der Waals surface area (Å²) in [5.41, 5.74) is 5.38. The molecule has 0 spiro atoms. The smallest absolute Gasteiger partial charge is 0.326 e. The summed E-state index contributed by atoms with van der Waals surface area (Å²) in [5.74, 6) is -2.40. The topological polar surface area (TPSA) is 133 Å². The Labute approximate surface area is 129 Å². The summed E-state index contributed by atoms with van der Waals surface area (Å²) in [6, 6.07) is -2.38. The van der Waals surface area contributed by atoms with Crippen LogP contribution in [0.4, 0.5) is 0 Å². The Bertz CT molecular complexity index is 415. The van der Waals surface area contributed by atoms with Crippen molar-refractivity contribution in [1.29, 1.82) is 0 Å². The molecule has 1 fully saturated rings. The first-order valence-corrected chi connectivity index (χ1v) is 7.60. The second-order valence-corrected chi connectivity index (χ2v) is 5.59. The zero-order valence-corrected chi connectivity index (χ0v) is 12.8. The van der Waals surface area contributed by atoms with Gasteiger partial charge in [0.25, 0.3) is 0 Å². The van der Waals surface area contributed by atoms with Crippen LogP contribution in [-0.2, 0) is 14.4 Å². The van der Waals surface area contributed by atoms with Crippen molar-refractivity contribution in [2.24, 2.45) is 5.73 Å². The highest BCUT2D eigenvalue weighted by Crippen LogP contribution is 2.18. The Morgan fingerprint density at radius 1 is 1.32 bits per heavy atom. The van der Waals surface area contributed by atoms with Gasteiger partial charge in [-0.1, -0.05) is 6.42 Å². The van der Waals surface area contributed by atoms with Gasteiger partial charge in [0.15, 0.2) is 0 Å². The summed E-state index contributed by atoms with van der Waals surface area (Å²) in [4.78, 5) is 36.0. The number of aliphatic carboxylic acids is 2. The van der Waals surface area contributed by atoms with Gasteiger partial charge in [-0.3, -0.25) is 14.9 Å². The normalized spacial score (nSPS) is 20.6. The van der Waals surface area contributed by atoms with Crippen LogP contribution in [-0.4, -0.2) is 64.2 Å². The Morgan fingerprint density at radius 3 is 2.55 bits per heavy atom. The molecule has 0 aromatic heterocycles. The van der Waals surface area contributed by atoms with Crippen LogP contribution < -0.4 is 11.1 Å². The van der Waals surface area contributed by atoms with E-state index in [1.165, 1.54) is 4.90 Å². The van der Waals surface area contributed by atoms with Gasteiger partial charge in [0.2, 0.25) is 5.91 Å². The molecule has 0 radical (unpaired) electrons. The molecule has 1 aliphatic rings. The molecule has 3 atom stereocenters. The number of amides is 1. The predicted octanol–water partition coefficient (Wildman–Crippen LogP) is -0.378. The molecule has 1 saturated heterocycles. The van der Waals surface area contributed by atoms with Gasteiger partial charge >= 0.3 is 11.9 Å². The van der Waals surface area contributed by atoms with E-state index in [2.05, 4.69) is 5.32 Å². The van der Waals surface area contributed by atoms with E-state index in [0.717, 1.165) is 6.42 Å². The second kappa shape index (κ2) is 8.70. The standard InChI is InChI=1S/C14H25N3O5/c1-9(16-10(13(19)20)5-2-3-7-15)12(18)17-8-4-6-11(17)14(21)22/h9-11,16H,2-8,15H2,1H3,(H,19,20)(H,21,22)/t9-,10-,11-/m0/s1. The second-order valence-electron chi connectivity index (χ2n) is 5.59. The molecule has 22 heavy (non-hydrogen) atoms. The van der Waals surface area contributed by atoms with Crippen molar-refractivity contribution >= 4 is 17.8 Å². The fraction of sp³-hybridized carbons (Fsp3) is 0.786. The van der Waals surface area contributed by atoms with E-state index in [0.29, 0.717) is 38.8 Å². The molecule has 1 rings (SSSR count). The number of hydrogen-bond donors (Lipinski definition) is 4. The first kappa shape index (κ1) is 18.4. The van der Waals surface area contributed by atoms with Crippen molar-refractivity contribution < 1.29 is 24.6 Å². The van der Waals surface area contributed by atoms with E-state index in [9.17, 15) is 19.5 Å². The van der Waals surface area contributed by atoms with E-state index in [1.807, 2.05) is 0 Å². The number of likely N-dealkylation sites (tertiary alicyclic amines) is 1. The number of carbonyl (C=O) groups is 3. The third kappa shape index (κ3) is 4.96. The number of hydrogen-bond acceptors (Lipinski definition) is 5. The molecule has 8 nitrogen and oxygen atoms in total. The number of nitrogens with one attached hydrogen (secondary N) is 1. The highest BCUT2D eigenvalue weighted by atomic mass is 16.4. The van der Waals surface area contributed by atoms with Gasteiger partial charge in [-0.05, 0) is 39.2 Å². The van der Waals surface area contributed by atoms with Crippen LogP contribution in [0.15, 0.2) is 0 Å². The molecule has 0 aliphatic carbocycles. The SMILES string of the molecule is C[C@H](N[C@@H](CCCCN)C(=O)O)C(=O)N1CCC[C@H]1C(=O)O. The molecule has 0 aromatic rings. The summed E-state index contributed by atoms with van der Waals surface area (Å²) in [6.45, 7) is 2.46. The molecule has 1 aliphatic heterocycles. The van der Waals surface area contributed by atoms with Crippen molar-refractivity contribution in [2.75, 3.05) is 13.1 Å². The minimum absolute atomic E-state index is 0.366. The number of nitrogens with two attached hydrogens (primary N) is 1. The molecule has 0 saturated carbocycles. The van der Waals surface area contributed by atoms with Gasteiger partial charge in [0, 0.05) is 6.54 Å². The zero-order valence-electron chi connectivity index (χ0n) is 12.8. The van der Waals surface area contributed by atoms with Crippen molar-refractivity contribution in [3.63, 3.8) is 0 Å². The summed E-state index contributed by atoms with van der Waals surface area (Å²) < 4.78 is 0. The average molecular weight is 315 g/mol. The molecule has 1 amide bonds. The Kier molecular flexibility index (Phi) is 7.26. The molecule has 126 valence electrons. The lowest BCUT2D eigenvalue weighted by molar-refractivity contribution is -0.149. The molecule has 0 unspecified atom stereocenters. The van der Waals surface area contributed by atoms with Crippen molar-refractivity contribution in [3.05, 3.63) is 0 Å². The maximum absolute atomic E-state index is 12.3. The fourth-order valence-electron chi connectivity index (χ4n) is 2.68. The number of rotatable bonds is 9. The van der Waals surface area contributed by atoms with Crippen molar-refractivity contribution in [1.82, 2.24) is 10.2 Å². The maximum Gasteiger partial charge on any atom is 0.326 e. The van der Waals surface area contributed by atoms with Gasteiger partial charge in [-0.2, -0.15) is 0 Å². The first-order valence-electron chi connectivity index (χ1n) is 7.60. The Hall–Kier alpha value is -1.67. The molecule has 8 heteroatoms. The number of carbonyl (C=O) groups excluding carboxylic acids is 1. The number of carboxylic acids is 2. The van der Waals surface area contributed by atoms with Crippen LogP contribution in [0.25, 0.3) is 0 Å². The largest absolute Gasteiger partial charge is 0.480 e. The Morgan fingerprint density at radius 2 is 2.00 bits per heavy atom. The lowest BCUT2D eigenvalue weighted by atomic mass is 10.1. The molecular weight excluding hydrogens is 290 g/mol. The fourth-order valence-corrected chi connectivity index (χ4v) is 2.68. The number of nitrogens with zero attached hydrogens (tertiary/aromatic N) is 1. The Balaban J connectivity index is 2.60. The average Bonchev–Trinajstić information content (AvgIpc) is 2.94. The van der Waals surface area contributed by atoms with Crippen molar-refractivity contribution in [2.45, 2.75) is 57.2 Å². The summed E-state index contributed by atoms with van der Waals surface area (Å²) in [6.07, 6.45) is 2.84. The van der Waals surface area contributed by atoms with Crippen LogP contribution in [0.5, 0.6) is 0 Å². The van der Waals surface area contributed by atoms with E-state index in [1.54, 1.807) is 6.92 Å². The molecule has 0 aromatic carbocycles. The lowest BCUT2D eigenvalue weighted by Gasteiger charge is -2.27. The third-order valence-corrected chi connectivity index (χ3v) is 3.89. The van der Waals surface area contributed by atoms with Crippen LogP contribution in [0.3, 0.4) is 0 Å². The van der Waals surface area contributed by atoms with E-state index in [4.69, 9.17) is 10.8 Å². The number of carboxylic acid groups (broad SMARTS) is 2. The lowest BCUT2D eigenvalue weighted by Crippen LogP contribution is -2.53. The maximum atomic E-state index is 12.3. The highest BCUT2D eigenvalue weighted by molar-refractivity contribution is 5.88. The first-order chi connectivity index (χ1) is 10.4.